The molecule has 2 aromatic carbocycles. The largest absolute Gasteiger partial charge is 0.497 e. The van der Waals surface area contributed by atoms with Crippen molar-refractivity contribution < 1.29 is 23.5 Å². The smallest absolute Gasteiger partial charge is 0.272 e. The first-order chi connectivity index (χ1) is 15.0. The number of nitrogens with zero attached hydrogens (tertiary/aromatic N) is 1. The molecule has 2 heterocycles. The van der Waals surface area contributed by atoms with Crippen LogP contribution in [-0.2, 0) is 15.3 Å². The second-order valence-electron chi connectivity index (χ2n) is 6.56. The number of halogens is 1. The Bertz CT molecular complexity index is 1160. The minimum Gasteiger partial charge on any atom is -0.497 e. The zero-order valence-electron chi connectivity index (χ0n) is 16.8. The topological polar surface area (TPSA) is 69.0 Å². The third kappa shape index (κ3) is 4.06. The lowest BCUT2D eigenvalue weighted by atomic mass is 10.1. The molecule has 1 aromatic heterocycles. The van der Waals surface area contributed by atoms with E-state index < -0.39 is 11.8 Å². The Morgan fingerprint density at radius 2 is 1.77 bits per heavy atom. The van der Waals surface area contributed by atoms with Crippen molar-refractivity contribution in [3.8, 4) is 11.5 Å². The highest BCUT2D eigenvalue weighted by atomic mass is 35.5. The summed E-state index contributed by atoms with van der Waals surface area (Å²) in [5, 5.41) is 0.388. The Labute approximate surface area is 188 Å². The molecule has 158 valence electrons. The van der Waals surface area contributed by atoms with Crippen molar-refractivity contribution in [2.24, 2.45) is 0 Å². The number of carbonyl (C=O) groups excluding carboxylic acids is 2. The standard InChI is InChI=1S/C23H18ClNO5S/c1-28-16-8-5-14(6-9-16)20-21(31-13-17-4-3-11-30-17)23(27)25(22(20)26)18-12-15(24)7-10-19(18)29-2/h3-12H,13H2,1-2H3. The third-order valence-electron chi connectivity index (χ3n) is 4.74. The van der Waals surface area contributed by atoms with Gasteiger partial charge in [-0.2, -0.15) is 0 Å². The molecule has 0 unspecified atom stereocenters. The molecule has 0 aliphatic carbocycles. The summed E-state index contributed by atoms with van der Waals surface area (Å²) >= 11 is 7.40. The van der Waals surface area contributed by atoms with Crippen LogP contribution in [0, 0.1) is 0 Å². The minimum absolute atomic E-state index is 0.296. The summed E-state index contributed by atoms with van der Waals surface area (Å²) in [4.78, 5) is 28.4. The van der Waals surface area contributed by atoms with E-state index in [2.05, 4.69) is 0 Å². The molecule has 8 heteroatoms. The Morgan fingerprint density at radius 1 is 1.00 bits per heavy atom. The summed E-state index contributed by atoms with van der Waals surface area (Å²) in [6, 6.07) is 15.4. The average Bonchev–Trinajstić information content (AvgIpc) is 3.38. The summed E-state index contributed by atoms with van der Waals surface area (Å²) in [5.74, 6) is 1.25. The van der Waals surface area contributed by atoms with Gasteiger partial charge in [0.15, 0.2) is 0 Å². The lowest BCUT2D eigenvalue weighted by Gasteiger charge is -2.18. The zero-order chi connectivity index (χ0) is 22.0. The van der Waals surface area contributed by atoms with Gasteiger partial charge in [-0.1, -0.05) is 23.7 Å². The Morgan fingerprint density at radius 3 is 2.42 bits per heavy atom. The van der Waals surface area contributed by atoms with Gasteiger partial charge in [-0.3, -0.25) is 9.59 Å². The molecule has 0 saturated carbocycles. The van der Waals surface area contributed by atoms with Gasteiger partial charge in [-0.25, -0.2) is 4.90 Å². The maximum Gasteiger partial charge on any atom is 0.272 e. The lowest BCUT2D eigenvalue weighted by Crippen LogP contribution is -2.31. The van der Waals surface area contributed by atoms with Gasteiger partial charge in [-0.05, 0) is 48.0 Å². The predicted octanol–water partition coefficient (Wildman–Crippen LogP) is 5.17. The number of ether oxygens (including phenoxy) is 2. The zero-order valence-corrected chi connectivity index (χ0v) is 18.3. The highest BCUT2D eigenvalue weighted by molar-refractivity contribution is 8.03. The van der Waals surface area contributed by atoms with Crippen LogP contribution in [0.2, 0.25) is 5.02 Å². The Hall–Kier alpha value is -3.16. The van der Waals surface area contributed by atoms with Crippen LogP contribution in [0.15, 0.2) is 70.2 Å². The third-order valence-corrected chi connectivity index (χ3v) is 6.07. The van der Waals surface area contributed by atoms with Crippen LogP contribution in [0.1, 0.15) is 11.3 Å². The number of amides is 2. The molecule has 0 fully saturated rings. The van der Waals surface area contributed by atoms with Crippen LogP contribution in [0.3, 0.4) is 0 Å². The number of methoxy groups -OCH3 is 2. The molecule has 0 N–H and O–H groups in total. The normalized spacial score (nSPS) is 13.8. The van der Waals surface area contributed by atoms with E-state index in [1.165, 1.54) is 18.9 Å². The first-order valence-electron chi connectivity index (χ1n) is 9.29. The van der Waals surface area contributed by atoms with Crippen molar-refractivity contribution in [1.82, 2.24) is 0 Å². The second-order valence-corrected chi connectivity index (χ2v) is 7.98. The lowest BCUT2D eigenvalue weighted by molar-refractivity contribution is -0.119. The van der Waals surface area contributed by atoms with Crippen molar-refractivity contribution in [1.29, 1.82) is 0 Å². The van der Waals surface area contributed by atoms with Gasteiger partial charge in [0, 0.05) is 5.02 Å². The number of hydrogen-bond acceptors (Lipinski definition) is 6. The van der Waals surface area contributed by atoms with E-state index in [-0.39, 0.29) is 0 Å². The van der Waals surface area contributed by atoms with E-state index in [1.807, 2.05) is 6.07 Å². The van der Waals surface area contributed by atoms with E-state index in [9.17, 15) is 9.59 Å². The van der Waals surface area contributed by atoms with Crippen LogP contribution in [0.25, 0.3) is 5.57 Å². The summed E-state index contributed by atoms with van der Waals surface area (Å²) in [6.07, 6.45) is 1.57. The van der Waals surface area contributed by atoms with Gasteiger partial charge in [0.1, 0.15) is 17.3 Å². The second kappa shape index (κ2) is 8.91. The van der Waals surface area contributed by atoms with Crippen molar-refractivity contribution in [3.05, 3.63) is 82.1 Å². The molecule has 0 spiro atoms. The van der Waals surface area contributed by atoms with Crippen LogP contribution in [0.4, 0.5) is 5.69 Å². The van der Waals surface area contributed by atoms with E-state index in [4.69, 9.17) is 25.5 Å². The molecule has 0 atom stereocenters. The van der Waals surface area contributed by atoms with E-state index in [0.29, 0.717) is 49.8 Å². The van der Waals surface area contributed by atoms with Crippen molar-refractivity contribution in [2.75, 3.05) is 19.1 Å². The maximum atomic E-state index is 13.5. The average molecular weight is 456 g/mol. The Kier molecular flexibility index (Phi) is 6.06. The number of imide groups is 1. The molecule has 0 radical (unpaired) electrons. The summed E-state index contributed by atoms with van der Waals surface area (Å²) in [5.41, 5.74) is 1.22. The molecule has 31 heavy (non-hydrogen) atoms. The van der Waals surface area contributed by atoms with E-state index in [1.54, 1.807) is 61.9 Å². The number of carbonyl (C=O) groups is 2. The summed E-state index contributed by atoms with van der Waals surface area (Å²) < 4.78 is 16.0. The monoisotopic (exact) mass is 455 g/mol. The molecule has 0 bridgehead atoms. The number of thioether (sulfide) groups is 1. The molecule has 4 rings (SSSR count). The molecule has 2 amide bonds. The molecule has 3 aromatic rings. The van der Waals surface area contributed by atoms with Gasteiger partial charge < -0.3 is 13.9 Å². The number of benzene rings is 2. The molecule has 1 aliphatic rings. The number of furan rings is 1. The fourth-order valence-corrected chi connectivity index (χ4v) is 4.43. The summed E-state index contributed by atoms with van der Waals surface area (Å²) in [7, 11) is 3.04. The maximum absolute atomic E-state index is 13.5. The number of hydrogen-bond donors (Lipinski definition) is 0. The molecule has 0 saturated heterocycles. The van der Waals surface area contributed by atoms with Gasteiger partial charge in [0.2, 0.25) is 0 Å². The number of anilines is 1. The molecule has 6 nitrogen and oxygen atoms in total. The van der Waals surface area contributed by atoms with E-state index in [0.717, 1.165) is 4.90 Å². The molecular weight excluding hydrogens is 438 g/mol. The van der Waals surface area contributed by atoms with Gasteiger partial charge >= 0.3 is 0 Å². The van der Waals surface area contributed by atoms with Crippen molar-refractivity contribution in [2.45, 2.75) is 5.75 Å². The quantitative estimate of drug-likeness (QED) is 0.458. The molecular formula is C23H18ClNO5S. The van der Waals surface area contributed by atoms with Crippen molar-refractivity contribution in [3.63, 3.8) is 0 Å². The van der Waals surface area contributed by atoms with E-state index >= 15 is 0 Å². The van der Waals surface area contributed by atoms with Gasteiger partial charge in [0.25, 0.3) is 11.8 Å². The minimum atomic E-state index is -0.447. The first kappa shape index (κ1) is 21.1. The molecule has 1 aliphatic heterocycles. The fraction of sp³-hybridized carbons (Fsp3) is 0.130. The highest BCUT2D eigenvalue weighted by Gasteiger charge is 2.41. The number of rotatable bonds is 7. The van der Waals surface area contributed by atoms with Crippen LogP contribution in [0.5, 0.6) is 11.5 Å². The SMILES string of the molecule is COc1ccc(C2=C(SCc3ccco3)C(=O)N(c3cc(Cl)ccc3OC)C2=O)cc1. The fourth-order valence-electron chi connectivity index (χ4n) is 3.25. The van der Waals surface area contributed by atoms with Gasteiger partial charge in [0.05, 0.1) is 42.4 Å². The van der Waals surface area contributed by atoms with Crippen LogP contribution >= 0.6 is 23.4 Å². The van der Waals surface area contributed by atoms with Crippen LogP contribution < -0.4 is 14.4 Å². The predicted molar refractivity (Wildman–Crippen MR) is 120 cm³/mol. The highest BCUT2D eigenvalue weighted by Crippen LogP contribution is 2.43. The van der Waals surface area contributed by atoms with Crippen molar-refractivity contribution >= 4 is 46.4 Å². The first-order valence-corrected chi connectivity index (χ1v) is 10.7. The van der Waals surface area contributed by atoms with Gasteiger partial charge in [-0.15, -0.1) is 11.8 Å². The summed E-state index contributed by atoms with van der Waals surface area (Å²) in [6.45, 7) is 0. The Balaban J connectivity index is 1.78. The van der Waals surface area contributed by atoms with Crippen LogP contribution in [-0.4, -0.2) is 26.0 Å².